The lowest BCUT2D eigenvalue weighted by molar-refractivity contribution is 0.0722. The van der Waals surface area contributed by atoms with Crippen LogP contribution in [0.1, 0.15) is 28.8 Å². The Balaban J connectivity index is 1.72. The van der Waals surface area contributed by atoms with Crippen LogP contribution in [0.25, 0.3) is 11.3 Å². The number of halogens is 1. The molecule has 9 nitrogen and oxygen atoms in total. The van der Waals surface area contributed by atoms with E-state index in [1.165, 1.54) is 19.3 Å². The van der Waals surface area contributed by atoms with Gasteiger partial charge in [-0.15, -0.1) is 4.83 Å². The molecule has 164 valence electrons. The van der Waals surface area contributed by atoms with Crippen LogP contribution < -0.4 is 10.3 Å². The van der Waals surface area contributed by atoms with Gasteiger partial charge in [-0.3, -0.25) is 10.2 Å². The molecule has 3 N–H and O–H groups in total. The van der Waals surface area contributed by atoms with E-state index in [9.17, 15) is 17.6 Å². The topological polar surface area (TPSA) is 123 Å². The zero-order chi connectivity index (χ0) is 21.7. The van der Waals surface area contributed by atoms with Crippen LogP contribution in [0.5, 0.6) is 0 Å². The van der Waals surface area contributed by atoms with Gasteiger partial charge < -0.3 is 14.4 Å². The smallest absolute Gasteiger partial charge is 0.269 e. The number of aliphatic hydroxyl groups excluding tert-OH is 1. The highest BCUT2D eigenvalue weighted by Gasteiger charge is 2.23. The third-order valence-electron chi connectivity index (χ3n) is 4.90. The van der Waals surface area contributed by atoms with Gasteiger partial charge in [-0.25, -0.2) is 17.8 Å². The van der Waals surface area contributed by atoms with Crippen LogP contribution in [0.4, 0.5) is 4.39 Å². The second-order valence-electron chi connectivity index (χ2n) is 7.27. The fourth-order valence-corrected chi connectivity index (χ4v) is 4.57. The Bertz CT molecular complexity index is 1000. The van der Waals surface area contributed by atoms with Crippen LogP contribution in [0.15, 0.2) is 24.7 Å². The van der Waals surface area contributed by atoms with E-state index >= 15 is 0 Å². The molecule has 0 radical (unpaired) electrons. The number of nitrogens with zero attached hydrogens (tertiary/aromatic N) is 2. The molecule has 1 amide bonds. The summed E-state index contributed by atoms with van der Waals surface area (Å²) >= 11 is 0. The number of rotatable bonds is 8. The van der Waals surface area contributed by atoms with E-state index in [4.69, 9.17) is 9.84 Å². The average molecular weight is 440 g/mol. The summed E-state index contributed by atoms with van der Waals surface area (Å²) in [5.41, 5.74) is 3.02. The molecule has 0 bridgehead atoms. The van der Waals surface area contributed by atoms with Crippen LogP contribution in [0, 0.1) is 18.7 Å². The third kappa shape index (κ3) is 5.63. The van der Waals surface area contributed by atoms with Gasteiger partial charge in [-0.1, -0.05) is 0 Å². The zero-order valence-corrected chi connectivity index (χ0v) is 17.4. The number of carbonyl (C=O) groups excluding carboxylic acids is 1. The molecule has 1 aliphatic rings. The Kier molecular flexibility index (Phi) is 7.19. The summed E-state index contributed by atoms with van der Waals surface area (Å²) in [4.78, 5) is 18.7. The molecular weight excluding hydrogens is 415 g/mol. The highest BCUT2D eigenvalue weighted by molar-refractivity contribution is 7.89. The summed E-state index contributed by atoms with van der Waals surface area (Å²) in [6.45, 7) is 2.83. The van der Waals surface area contributed by atoms with Crippen LogP contribution in [0.2, 0.25) is 0 Å². The molecule has 0 atom stereocenters. The SMILES string of the molecule is Cc1cc(-c2cn(CCO)cn2)cc(C(=O)NNS(=O)(=O)CC2CCOCC2)c1F. The number of hydrogen-bond acceptors (Lipinski definition) is 6. The molecule has 2 aromatic rings. The molecule has 1 aromatic heterocycles. The van der Waals surface area contributed by atoms with E-state index in [-0.39, 0.29) is 29.4 Å². The van der Waals surface area contributed by atoms with Gasteiger partial charge in [0, 0.05) is 31.5 Å². The van der Waals surface area contributed by atoms with Gasteiger partial charge >= 0.3 is 0 Å². The van der Waals surface area contributed by atoms with Gasteiger partial charge in [0.25, 0.3) is 5.91 Å². The van der Waals surface area contributed by atoms with E-state index in [1.54, 1.807) is 16.8 Å². The number of hydrazine groups is 1. The minimum absolute atomic E-state index is 0.0514. The molecule has 1 saturated heterocycles. The van der Waals surface area contributed by atoms with Gasteiger partial charge in [-0.05, 0) is 43.4 Å². The Morgan fingerprint density at radius 3 is 2.80 bits per heavy atom. The van der Waals surface area contributed by atoms with Crippen molar-refractivity contribution >= 4 is 15.9 Å². The van der Waals surface area contributed by atoms with Crippen molar-refractivity contribution in [1.29, 1.82) is 0 Å². The number of ether oxygens (including phenoxy) is 1. The van der Waals surface area contributed by atoms with Gasteiger partial charge in [0.05, 0.1) is 29.9 Å². The van der Waals surface area contributed by atoms with Gasteiger partial charge in [0.1, 0.15) is 5.82 Å². The molecular formula is C19H25FN4O5S. The van der Waals surface area contributed by atoms with E-state index in [2.05, 4.69) is 10.4 Å². The normalized spacial score (nSPS) is 15.3. The molecule has 0 aliphatic carbocycles. The summed E-state index contributed by atoms with van der Waals surface area (Å²) < 4.78 is 45.9. The van der Waals surface area contributed by atoms with Crippen molar-refractivity contribution in [2.24, 2.45) is 5.92 Å². The van der Waals surface area contributed by atoms with Gasteiger partial charge in [-0.2, -0.15) is 0 Å². The predicted octanol–water partition coefficient (Wildman–Crippen LogP) is 0.981. The van der Waals surface area contributed by atoms with Crippen LogP contribution in [0.3, 0.4) is 0 Å². The summed E-state index contributed by atoms with van der Waals surface area (Å²) in [5.74, 6) is -1.83. The summed E-state index contributed by atoms with van der Waals surface area (Å²) in [6.07, 6.45) is 4.46. The maximum absolute atomic E-state index is 14.6. The number of sulfonamides is 1. The lowest BCUT2D eigenvalue weighted by Crippen LogP contribution is -2.44. The van der Waals surface area contributed by atoms with Crippen molar-refractivity contribution in [2.75, 3.05) is 25.6 Å². The summed E-state index contributed by atoms with van der Waals surface area (Å²) in [5, 5.41) is 9.01. The minimum atomic E-state index is -3.77. The number of aliphatic hydroxyl groups is 1. The quantitative estimate of drug-likeness (QED) is 0.526. The van der Waals surface area contributed by atoms with Crippen molar-refractivity contribution in [3.63, 3.8) is 0 Å². The molecule has 0 spiro atoms. The Labute approximate surface area is 174 Å². The second kappa shape index (κ2) is 9.65. The monoisotopic (exact) mass is 440 g/mol. The standard InChI is InChI=1S/C19H25FN4O5S/c1-13-8-15(17-10-24(4-5-25)12-21-17)9-16(18(13)20)19(26)22-23-30(27,28)11-14-2-6-29-7-3-14/h8-10,12,14,23,25H,2-7,11H2,1H3,(H,22,26). The van der Waals surface area contributed by atoms with Crippen LogP contribution in [-0.4, -0.2) is 54.6 Å². The fraction of sp³-hybridized carbons (Fsp3) is 0.474. The first-order chi connectivity index (χ1) is 14.3. The first kappa shape index (κ1) is 22.3. The lowest BCUT2D eigenvalue weighted by atomic mass is 10.0. The summed E-state index contributed by atoms with van der Waals surface area (Å²) in [6, 6.07) is 2.86. The van der Waals surface area contributed by atoms with E-state index < -0.39 is 21.7 Å². The van der Waals surface area contributed by atoms with Gasteiger partial charge in [0.15, 0.2) is 0 Å². The van der Waals surface area contributed by atoms with Crippen molar-refractivity contribution in [3.05, 3.63) is 41.6 Å². The lowest BCUT2D eigenvalue weighted by Gasteiger charge is -2.21. The molecule has 11 heteroatoms. The summed E-state index contributed by atoms with van der Waals surface area (Å²) in [7, 11) is -3.77. The fourth-order valence-electron chi connectivity index (χ4n) is 3.29. The molecule has 1 aromatic carbocycles. The Hall–Kier alpha value is -2.34. The Morgan fingerprint density at radius 2 is 2.10 bits per heavy atom. The van der Waals surface area contributed by atoms with E-state index in [0.29, 0.717) is 43.9 Å². The van der Waals surface area contributed by atoms with Crippen LogP contribution >= 0.6 is 0 Å². The molecule has 0 unspecified atom stereocenters. The maximum Gasteiger partial charge on any atom is 0.269 e. The number of aromatic nitrogens is 2. The first-order valence-corrected chi connectivity index (χ1v) is 11.2. The minimum Gasteiger partial charge on any atom is -0.395 e. The largest absolute Gasteiger partial charge is 0.395 e. The van der Waals surface area contributed by atoms with Crippen molar-refractivity contribution in [3.8, 4) is 11.3 Å². The molecule has 1 aliphatic heterocycles. The molecule has 3 rings (SSSR count). The third-order valence-corrected chi connectivity index (χ3v) is 6.23. The number of hydrogen-bond donors (Lipinski definition) is 3. The Morgan fingerprint density at radius 1 is 1.37 bits per heavy atom. The molecule has 1 fully saturated rings. The molecule has 30 heavy (non-hydrogen) atoms. The van der Waals surface area contributed by atoms with Crippen molar-refractivity contribution < 1.29 is 27.4 Å². The number of nitrogens with one attached hydrogen (secondary N) is 2. The highest BCUT2D eigenvalue weighted by atomic mass is 32.2. The predicted molar refractivity (Wildman–Crippen MR) is 107 cm³/mol. The average Bonchev–Trinajstić information content (AvgIpc) is 3.17. The van der Waals surface area contributed by atoms with E-state index in [1.807, 2.05) is 4.83 Å². The maximum atomic E-state index is 14.6. The first-order valence-electron chi connectivity index (χ1n) is 9.60. The number of carbonyl (C=O) groups is 1. The van der Waals surface area contributed by atoms with Crippen molar-refractivity contribution in [1.82, 2.24) is 19.8 Å². The van der Waals surface area contributed by atoms with Crippen LogP contribution in [-0.2, 0) is 21.3 Å². The highest BCUT2D eigenvalue weighted by Crippen LogP contribution is 2.24. The number of aryl methyl sites for hydroxylation is 1. The van der Waals surface area contributed by atoms with E-state index in [0.717, 1.165) is 0 Å². The number of imidazole rings is 1. The number of benzene rings is 1. The zero-order valence-electron chi connectivity index (χ0n) is 16.6. The van der Waals surface area contributed by atoms with Crippen molar-refractivity contribution in [2.45, 2.75) is 26.3 Å². The van der Waals surface area contributed by atoms with Gasteiger partial charge in [0.2, 0.25) is 10.0 Å². The second-order valence-corrected chi connectivity index (χ2v) is 9.04. The molecule has 2 heterocycles. The number of amides is 1. The molecule has 0 saturated carbocycles.